The van der Waals surface area contributed by atoms with Crippen molar-refractivity contribution in [2.45, 2.75) is 6.92 Å². The first-order chi connectivity index (χ1) is 14.2. The van der Waals surface area contributed by atoms with E-state index in [-0.39, 0.29) is 17.8 Å². The van der Waals surface area contributed by atoms with Crippen molar-refractivity contribution in [1.82, 2.24) is 15.2 Å². The lowest BCUT2D eigenvalue weighted by atomic mass is 10.1. The topological polar surface area (TPSA) is 94.1 Å². The summed E-state index contributed by atoms with van der Waals surface area (Å²) in [6.45, 7) is 2.03. The molecular formula is C21H14N4O3S. The van der Waals surface area contributed by atoms with E-state index in [1.54, 1.807) is 29.5 Å². The minimum absolute atomic E-state index is 0.00388. The minimum atomic E-state index is -0.354. The second-order valence-corrected chi connectivity index (χ2v) is 7.32. The quantitative estimate of drug-likeness (QED) is 0.446. The van der Waals surface area contributed by atoms with Crippen molar-refractivity contribution in [3.63, 3.8) is 0 Å². The SMILES string of the molecule is Cc1csc(-c2cc(C(=O)Nc3nnc(-c4ccco4)o3)c3ccccc3n2)c1. The summed E-state index contributed by atoms with van der Waals surface area (Å²) >= 11 is 1.59. The van der Waals surface area contributed by atoms with E-state index >= 15 is 0 Å². The smallest absolute Gasteiger partial charge is 0.322 e. The van der Waals surface area contributed by atoms with Crippen LogP contribution in [0.25, 0.3) is 33.1 Å². The summed E-state index contributed by atoms with van der Waals surface area (Å²) in [4.78, 5) is 18.7. The van der Waals surface area contributed by atoms with Crippen molar-refractivity contribution in [2.75, 3.05) is 5.32 Å². The number of para-hydroxylation sites is 1. The van der Waals surface area contributed by atoms with Crippen LogP contribution in [0.5, 0.6) is 0 Å². The van der Waals surface area contributed by atoms with Gasteiger partial charge in [-0.05, 0) is 48.2 Å². The molecule has 0 aliphatic carbocycles. The molecule has 29 heavy (non-hydrogen) atoms. The van der Waals surface area contributed by atoms with Gasteiger partial charge in [-0.3, -0.25) is 10.1 Å². The van der Waals surface area contributed by atoms with Gasteiger partial charge in [0.2, 0.25) is 0 Å². The Morgan fingerprint density at radius 2 is 2.00 bits per heavy atom. The fourth-order valence-electron chi connectivity index (χ4n) is 2.99. The molecule has 5 rings (SSSR count). The van der Waals surface area contributed by atoms with Crippen LogP contribution >= 0.6 is 11.3 Å². The summed E-state index contributed by atoms with van der Waals surface area (Å²) in [7, 11) is 0. The van der Waals surface area contributed by atoms with E-state index in [2.05, 4.69) is 27.0 Å². The Kier molecular flexibility index (Phi) is 4.18. The highest BCUT2D eigenvalue weighted by Gasteiger charge is 2.18. The molecule has 0 atom stereocenters. The van der Waals surface area contributed by atoms with Gasteiger partial charge in [0.15, 0.2) is 5.76 Å². The molecule has 1 amide bonds. The van der Waals surface area contributed by atoms with Crippen molar-refractivity contribution in [3.05, 3.63) is 71.3 Å². The summed E-state index contributed by atoms with van der Waals surface area (Å²) in [6, 6.07) is 14.8. The number of carbonyl (C=O) groups excluding carboxylic acids is 1. The highest BCUT2D eigenvalue weighted by Crippen LogP contribution is 2.30. The second-order valence-electron chi connectivity index (χ2n) is 6.40. The number of hydrogen-bond acceptors (Lipinski definition) is 7. The predicted molar refractivity (Wildman–Crippen MR) is 110 cm³/mol. The van der Waals surface area contributed by atoms with E-state index < -0.39 is 0 Å². The molecule has 7 nitrogen and oxygen atoms in total. The number of rotatable bonds is 4. The van der Waals surface area contributed by atoms with E-state index in [0.29, 0.717) is 11.3 Å². The van der Waals surface area contributed by atoms with Crippen molar-refractivity contribution < 1.29 is 13.6 Å². The molecule has 0 saturated heterocycles. The maximum atomic E-state index is 13.0. The van der Waals surface area contributed by atoms with Crippen LogP contribution in [0.1, 0.15) is 15.9 Å². The third kappa shape index (κ3) is 3.30. The Balaban J connectivity index is 1.52. The van der Waals surface area contributed by atoms with Crippen LogP contribution in [-0.4, -0.2) is 21.1 Å². The van der Waals surface area contributed by atoms with Crippen LogP contribution in [0.2, 0.25) is 0 Å². The number of benzene rings is 1. The lowest BCUT2D eigenvalue weighted by Gasteiger charge is -2.08. The number of furan rings is 1. The highest BCUT2D eigenvalue weighted by molar-refractivity contribution is 7.13. The van der Waals surface area contributed by atoms with Crippen molar-refractivity contribution in [1.29, 1.82) is 0 Å². The van der Waals surface area contributed by atoms with Gasteiger partial charge in [0, 0.05) is 5.39 Å². The molecule has 0 saturated carbocycles. The predicted octanol–water partition coefficient (Wildman–Crippen LogP) is 5.17. The number of amides is 1. The third-order valence-corrected chi connectivity index (χ3v) is 5.39. The molecule has 0 bridgehead atoms. The number of aromatic nitrogens is 3. The van der Waals surface area contributed by atoms with E-state index in [4.69, 9.17) is 13.8 Å². The number of hydrogen-bond donors (Lipinski definition) is 1. The fraction of sp³-hybridized carbons (Fsp3) is 0.0476. The Bertz CT molecular complexity index is 1320. The van der Waals surface area contributed by atoms with Crippen LogP contribution in [0, 0.1) is 6.92 Å². The standard InChI is InChI=1S/C21H14N4O3S/c1-12-9-18(29-11-12)16-10-14(13-5-2-3-6-15(13)22-16)19(26)23-21-25-24-20(28-21)17-7-4-8-27-17/h2-11H,1H3,(H,23,25,26). The second kappa shape index (κ2) is 6.99. The molecule has 4 heterocycles. The number of fused-ring (bicyclic) bond motifs is 1. The van der Waals surface area contributed by atoms with Gasteiger partial charge < -0.3 is 8.83 Å². The average Bonchev–Trinajstić information content (AvgIpc) is 3.48. The first-order valence-electron chi connectivity index (χ1n) is 8.81. The van der Waals surface area contributed by atoms with Crippen molar-refractivity contribution in [2.24, 2.45) is 0 Å². The molecule has 1 N–H and O–H groups in total. The van der Waals surface area contributed by atoms with E-state index in [0.717, 1.165) is 27.0 Å². The zero-order valence-corrected chi connectivity index (χ0v) is 16.1. The maximum Gasteiger partial charge on any atom is 0.322 e. The molecule has 8 heteroatoms. The van der Waals surface area contributed by atoms with E-state index in [1.807, 2.05) is 31.2 Å². The number of thiophene rings is 1. The summed E-state index contributed by atoms with van der Waals surface area (Å²) < 4.78 is 10.7. The first kappa shape index (κ1) is 17.3. The zero-order valence-electron chi connectivity index (χ0n) is 15.2. The number of anilines is 1. The lowest BCUT2D eigenvalue weighted by molar-refractivity contribution is 0.102. The molecule has 1 aromatic carbocycles. The number of carbonyl (C=O) groups is 1. The molecule has 0 spiro atoms. The van der Waals surface area contributed by atoms with Gasteiger partial charge in [-0.1, -0.05) is 23.3 Å². The summed E-state index contributed by atoms with van der Waals surface area (Å²) in [5.74, 6) is 0.273. The van der Waals surface area contributed by atoms with Crippen LogP contribution in [0.3, 0.4) is 0 Å². The van der Waals surface area contributed by atoms with E-state index in [1.165, 1.54) is 6.26 Å². The van der Waals surface area contributed by atoms with Gasteiger partial charge in [-0.15, -0.1) is 16.4 Å². The molecule has 0 radical (unpaired) electrons. The van der Waals surface area contributed by atoms with Gasteiger partial charge in [0.05, 0.1) is 27.9 Å². The van der Waals surface area contributed by atoms with Gasteiger partial charge in [-0.2, -0.15) is 0 Å². The average molecular weight is 402 g/mol. The normalized spacial score (nSPS) is 11.1. The molecule has 5 aromatic rings. The molecule has 0 aliphatic rings. The van der Waals surface area contributed by atoms with Crippen molar-refractivity contribution in [3.8, 4) is 22.2 Å². The molecule has 0 unspecified atom stereocenters. The Morgan fingerprint density at radius 3 is 2.79 bits per heavy atom. The Labute approximate surface area is 169 Å². The van der Waals surface area contributed by atoms with Gasteiger partial charge in [-0.25, -0.2) is 4.98 Å². The highest BCUT2D eigenvalue weighted by atomic mass is 32.1. The number of nitrogens with one attached hydrogen (secondary N) is 1. The Morgan fingerprint density at radius 1 is 1.10 bits per heavy atom. The monoisotopic (exact) mass is 402 g/mol. The van der Waals surface area contributed by atoms with Crippen LogP contribution in [0.4, 0.5) is 6.01 Å². The first-order valence-corrected chi connectivity index (χ1v) is 9.69. The molecule has 4 aromatic heterocycles. The molecule has 0 aliphatic heterocycles. The zero-order chi connectivity index (χ0) is 19.8. The Hall–Kier alpha value is -3.78. The summed E-state index contributed by atoms with van der Waals surface area (Å²) in [5, 5.41) is 13.3. The maximum absolute atomic E-state index is 13.0. The van der Waals surface area contributed by atoms with Crippen LogP contribution < -0.4 is 5.32 Å². The largest absolute Gasteiger partial charge is 0.459 e. The van der Waals surface area contributed by atoms with Crippen molar-refractivity contribution >= 4 is 34.2 Å². The molecular weight excluding hydrogens is 388 g/mol. The van der Waals surface area contributed by atoms with E-state index in [9.17, 15) is 4.79 Å². The fourth-order valence-corrected chi connectivity index (χ4v) is 3.85. The van der Waals surface area contributed by atoms with Gasteiger partial charge in [0.1, 0.15) is 0 Å². The van der Waals surface area contributed by atoms with Crippen LogP contribution in [0.15, 0.2) is 69.0 Å². The van der Waals surface area contributed by atoms with Gasteiger partial charge in [0.25, 0.3) is 11.8 Å². The number of aryl methyl sites for hydroxylation is 1. The third-order valence-electron chi connectivity index (χ3n) is 4.32. The van der Waals surface area contributed by atoms with Gasteiger partial charge >= 0.3 is 6.01 Å². The minimum Gasteiger partial charge on any atom is -0.459 e. The van der Waals surface area contributed by atoms with Crippen LogP contribution in [-0.2, 0) is 0 Å². The number of pyridine rings is 1. The number of nitrogens with zero attached hydrogens (tertiary/aromatic N) is 3. The summed E-state index contributed by atoms with van der Waals surface area (Å²) in [5.41, 5.74) is 3.12. The molecule has 142 valence electrons. The lowest BCUT2D eigenvalue weighted by Crippen LogP contribution is -2.13. The molecule has 0 fully saturated rings. The summed E-state index contributed by atoms with van der Waals surface area (Å²) in [6.07, 6.45) is 1.51.